The third-order valence-electron chi connectivity index (χ3n) is 5.11. The number of carbonyl (C=O) groups is 1. The molecule has 3 rings (SSSR count). The van der Waals surface area contributed by atoms with Crippen molar-refractivity contribution in [3.05, 3.63) is 55.1 Å². The van der Waals surface area contributed by atoms with E-state index in [1.165, 1.54) is 0 Å². The number of hydrogen-bond donors (Lipinski definition) is 1. The Bertz CT molecular complexity index is 884. The van der Waals surface area contributed by atoms with Crippen LogP contribution in [-0.2, 0) is 4.79 Å². The van der Waals surface area contributed by atoms with E-state index < -0.39 is 11.6 Å². The Morgan fingerprint density at radius 1 is 1.29 bits per heavy atom. The van der Waals surface area contributed by atoms with E-state index in [-0.39, 0.29) is 17.9 Å². The summed E-state index contributed by atoms with van der Waals surface area (Å²) in [4.78, 5) is 15.7. The molecular weight excluding hydrogens is 502 g/mol. The van der Waals surface area contributed by atoms with Crippen molar-refractivity contribution in [2.75, 3.05) is 0 Å². The highest BCUT2D eigenvalue weighted by Gasteiger charge is 2.55. The summed E-state index contributed by atoms with van der Waals surface area (Å²) in [5.74, 6) is -0.0805. The Morgan fingerprint density at radius 2 is 1.93 bits per heavy atom. The minimum absolute atomic E-state index is 0.206. The van der Waals surface area contributed by atoms with Gasteiger partial charge in [-0.1, -0.05) is 41.9 Å². The highest BCUT2D eigenvalue weighted by atomic mass is 79.9. The topological polar surface area (TPSA) is 70.1 Å². The number of nitrogens with zero attached hydrogens (tertiary/aromatic N) is 2. The summed E-state index contributed by atoms with van der Waals surface area (Å²) in [5.41, 5.74) is 6.29. The molecule has 148 valence electrons. The van der Waals surface area contributed by atoms with E-state index in [0.29, 0.717) is 6.42 Å². The zero-order valence-electron chi connectivity index (χ0n) is 15.9. The molecule has 28 heavy (non-hydrogen) atoms. The van der Waals surface area contributed by atoms with Crippen LogP contribution in [0, 0.1) is 17.2 Å². The number of primary amides is 1. The van der Waals surface area contributed by atoms with Crippen LogP contribution >= 0.6 is 43.2 Å². The zero-order chi connectivity index (χ0) is 20.5. The number of amides is 1. The molecule has 1 aliphatic carbocycles. The van der Waals surface area contributed by atoms with Gasteiger partial charge in [0, 0.05) is 19.2 Å². The average Bonchev–Trinajstić information content (AvgIpc) is 3.32. The van der Waals surface area contributed by atoms with Crippen molar-refractivity contribution in [2.24, 2.45) is 11.7 Å². The van der Waals surface area contributed by atoms with Gasteiger partial charge in [0.1, 0.15) is 5.54 Å². The minimum atomic E-state index is -0.650. The molecule has 2 atom stereocenters. The molecule has 0 spiro atoms. The lowest BCUT2D eigenvalue weighted by Gasteiger charge is -2.40. The van der Waals surface area contributed by atoms with E-state index >= 15 is 0 Å². The Morgan fingerprint density at radius 3 is 2.36 bits per heavy atom. The van der Waals surface area contributed by atoms with Gasteiger partial charge in [0.05, 0.1) is 18.2 Å². The Hall–Kier alpha value is -1.20. The highest BCUT2D eigenvalue weighted by Crippen LogP contribution is 2.50. The molecule has 1 aromatic heterocycles. The largest absolute Gasteiger partial charge is 0.368 e. The van der Waals surface area contributed by atoms with Gasteiger partial charge in [-0.2, -0.15) is 5.26 Å². The molecule has 2 aromatic rings. The fraction of sp³-hybridized carbons (Fsp3) is 0.429. The fourth-order valence-electron chi connectivity index (χ4n) is 3.66. The van der Waals surface area contributed by atoms with Crippen LogP contribution < -0.4 is 5.73 Å². The average molecular weight is 525 g/mol. The van der Waals surface area contributed by atoms with E-state index in [2.05, 4.69) is 74.9 Å². The summed E-state index contributed by atoms with van der Waals surface area (Å²) in [6.07, 6.45) is 2.13. The summed E-state index contributed by atoms with van der Waals surface area (Å²) < 4.78 is 1.99. The van der Waals surface area contributed by atoms with Crippen molar-refractivity contribution in [3.8, 4) is 6.07 Å². The molecule has 4 nitrogen and oxygen atoms in total. The van der Waals surface area contributed by atoms with E-state index in [1.54, 1.807) is 11.3 Å². The number of rotatable bonds is 8. The molecule has 1 fully saturated rings. The van der Waals surface area contributed by atoms with Crippen molar-refractivity contribution in [1.29, 1.82) is 5.26 Å². The maximum Gasteiger partial charge on any atom is 0.234 e. The van der Waals surface area contributed by atoms with Crippen LogP contribution in [0.4, 0.5) is 0 Å². The highest BCUT2D eigenvalue weighted by molar-refractivity contribution is 9.10. The first-order valence-corrected chi connectivity index (χ1v) is 11.7. The lowest BCUT2D eigenvalue weighted by Crippen LogP contribution is -2.53. The van der Waals surface area contributed by atoms with Crippen LogP contribution in [0.1, 0.15) is 49.6 Å². The predicted octanol–water partition coefficient (Wildman–Crippen LogP) is 5.62. The first-order chi connectivity index (χ1) is 13.3. The molecule has 0 aliphatic heterocycles. The van der Waals surface area contributed by atoms with E-state index in [9.17, 15) is 10.1 Å². The Labute approximate surface area is 187 Å². The van der Waals surface area contributed by atoms with Gasteiger partial charge >= 0.3 is 0 Å². The minimum Gasteiger partial charge on any atom is -0.368 e. The molecular formula is C21H23Br2N3OS. The molecule has 1 unspecified atom stereocenters. The fourth-order valence-corrected chi connectivity index (χ4v) is 5.50. The van der Waals surface area contributed by atoms with Crippen LogP contribution in [0.15, 0.2) is 44.7 Å². The van der Waals surface area contributed by atoms with E-state index in [1.807, 2.05) is 17.5 Å². The van der Waals surface area contributed by atoms with Gasteiger partial charge in [-0.3, -0.25) is 9.69 Å². The van der Waals surface area contributed by atoms with Gasteiger partial charge in [-0.25, -0.2) is 0 Å². The quantitative estimate of drug-likeness (QED) is 0.487. The zero-order valence-corrected chi connectivity index (χ0v) is 19.9. The molecule has 7 heteroatoms. The molecule has 1 aliphatic rings. The van der Waals surface area contributed by atoms with E-state index in [0.717, 1.165) is 32.2 Å². The number of carbonyl (C=O) groups excluding carboxylic acids is 1. The molecule has 1 aromatic carbocycles. The van der Waals surface area contributed by atoms with Crippen LogP contribution in [-0.4, -0.2) is 22.4 Å². The van der Waals surface area contributed by atoms with E-state index in [4.69, 9.17) is 5.73 Å². The summed E-state index contributed by atoms with van der Waals surface area (Å²) in [6.45, 7) is 4.16. The van der Waals surface area contributed by atoms with Crippen LogP contribution in [0.25, 0.3) is 0 Å². The number of benzene rings is 1. The summed E-state index contributed by atoms with van der Waals surface area (Å²) in [7, 11) is 0. The number of hydrogen-bond acceptors (Lipinski definition) is 4. The number of thiophene rings is 1. The third-order valence-corrected chi connectivity index (χ3v) is 7.38. The van der Waals surface area contributed by atoms with Gasteiger partial charge in [0.25, 0.3) is 0 Å². The van der Waals surface area contributed by atoms with Crippen LogP contribution in [0.3, 0.4) is 0 Å². The van der Waals surface area contributed by atoms with Gasteiger partial charge in [-0.05, 0) is 64.9 Å². The maximum atomic E-state index is 12.6. The smallest absolute Gasteiger partial charge is 0.234 e. The standard InChI is InChI=1S/C21H23Br2N3OS/c1-13(2)9-17(20(25)27)26(21(12-24)7-8-21)19(18-10-16(23)11-28-18)14-3-5-15(22)6-4-14/h3-6,10-11,13,17,19H,7-9H2,1-2H3,(H2,25,27)/t17?,19-/m0/s1. The van der Waals surface area contributed by atoms with Crippen molar-refractivity contribution in [1.82, 2.24) is 4.90 Å². The molecule has 1 heterocycles. The first-order valence-electron chi connectivity index (χ1n) is 9.26. The second kappa shape index (κ2) is 8.66. The van der Waals surface area contributed by atoms with Gasteiger partial charge in [-0.15, -0.1) is 11.3 Å². The molecule has 0 saturated heterocycles. The first kappa shape index (κ1) is 21.5. The molecule has 1 saturated carbocycles. The van der Waals surface area contributed by atoms with Gasteiger partial charge < -0.3 is 5.73 Å². The van der Waals surface area contributed by atoms with Crippen LogP contribution in [0.2, 0.25) is 0 Å². The molecule has 0 bridgehead atoms. The summed E-state index contributed by atoms with van der Waals surface area (Å²) in [5, 5.41) is 12.1. The summed E-state index contributed by atoms with van der Waals surface area (Å²) >= 11 is 8.67. The monoisotopic (exact) mass is 523 g/mol. The SMILES string of the molecule is CC(C)CC(C(N)=O)N([C@@H](c1ccc(Br)cc1)c1cc(Br)cs1)C1(C#N)CC1. The lowest BCUT2D eigenvalue weighted by atomic mass is 9.93. The second-order valence-electron chi connectivity index (χ2n) is 7.72. The summed E-state index contributed by atoms with van der Waals surface area (Å²) in [6, 6.07) is 12.0. The third kappa shape index (κ3) is 4.51. The van der Waals surface area contributed by atoms with Gasteiger partial charge in [0.2, 0.25) is 5.91 Å². The van der Waals surface area contributed by atoms with Crippen molar-refractivity contribution >= 4 is 49.1 Å². The van der Waals surface area contributed by atoms with Crippen molar-refractivity contribution < 1.29 is 4.79 Å². The lowest BCUT2D eigenvalue weighted by molar-refractivity contribution is -0.125. The maximum absolute atomic E-state index is 12.6. The van der Waals surface area contributed by atoms with Crippen molar-refractivity contribution in [2.45, 2.75) is 50.7 Å². The molecule has 2 N–H and O–H groups in total. The normalized spacial score (nSPS) is 17.3. The Balaban J connectivity index is 2.17. The number of nitrogens with two attached hydrogens (primary N) is 1. The number of nitriles is 1. The second-order valence-corrected chi connectivity index (χ2v) is 10.5. The van der Waals surface area contributed by atoms with Gasteiger partial charge in [0.15, 0.2) is 0 Å². The molecule has 0 radical (unpaired) electrons. The van der Waals surface area contributed by atoms with Crippen LogP contribution in [0.5, 0.6) is 0 Å². The predicted molar refractivity (Wildman–Crippen MR) is 120 cm³/mol. The van der Waals surface area contributed by atoms with Crippen molar-refractivity contribution in [3.63, 3.8) is 0 Å². The Kier molecular flexibility index (Phi) is 6.65. The molecule has 1 amide bonds. The number of halogens is 2.